The van der Waals surface area contributed by atoms with Crippen LogP contribution in [0.25, 0.3) is 10.1 Å². The molecule has 2 aromatic rings. The van der Waals surface area contributed by atoms with Crippen LogP contribution in [0.3, 0.4) is 0 Å². The summed E-state index contributed by atoms with van der Waals surface area (Å²) in [5.41, 5.74) is 1.03. The van der Waals surface area contributed by atoms with Crippen molar-refractivity contribution in [3.63, 3.8) is 0 Å². The second kappa shape index (κ2) is 3.04. The van der Waals surface area contributed by atoms with E-state index in [-0.39, 0.29) is 0 Å². The lowest BCUT2D eigenvalue weighted by Gasteiger charge is -2.07. The van der Waals surface area contributed by atoms with Gasteiger partial charge in [-0.1, -0.05) is 13.8 Å². The Kier molecular flexibility index (Phi) is 2.00. The van der Waals surface area contributed by atoms with Crippen LogP contribution in [0.2, 0.25) is 0 Å². The van der Waals surface area contributed by atoms with Crippen molar-refractivity contribution in [2.75, 3.05) is 0 Å². The molecule has 0 bridgehead atoms. The van der Waals surface area contributed by atoms with E-state index in [0.717, 1.165) is 10.3 Å². The van der Waals surface area contributed by atoms with Crippen molar-refractivity contribution in [3.8, 4) is 5.75 Å². The highest BCUT2D eigenvalue weighted by atomic mass is 32.1. The molecule has 1 aromatic heterocycles. The van der Waals surface area contributed by atoms with Gasteiger partial charge < -0.3 is 5.11 Å². The molecule has 0 unspecified atom stereocenters. The molecule has 13 heavy (non-hydrogen) atoms. The van der Waals surface area contributed by atoms with Crippen LogP contribution in [0.4, 0.5) is 0 Å². The maximum absolute atomic E-state index is 9.70. The fourth-order valence-electron chi connectivity index (χ4n) is 1.48. The first-order valence-corrected chi connectivity index (χ1v) is 5.26. The zero-order chi connectivity index (χ0) is 9.42. The maximum atomic E-state index is 9.70. The van der Waals surface area contributed by atoms with Crippen LogP contribution < -0.4 is 0 Å². The molecule has 68 valence electrons. The van der Waals surface area contributed by atoms with Gasteiger partial charge in [-0.05, 0) is 40.4 Å². The van der Waals surface area contributed by atoms with Gasteiger partial charge in [0.05, 0.1) is 0 Å². The predicted molar refractivity (Wildman–Crippen MR) is 57.6 cm³/mol. The number of hydrogen-bond acceptors (Lipinski definition) is 2. The number of phenolic OH excluding ortho intramolecular Hbond substituents is 1. The number of fused-ring (bicyclic) bond motifs is 1. The second-order valence-electron chi connectivity index (χ2n) is 3.52. The number of benzene rings is 1. The molecule has 0 amide bonds. The van der Waals surface area contributed by atoms with Crippen molar-refractivity contribution in [3.05, 3.63) is 29.1 Å². The molecule has 1 N–H and O–H groups in total. The molecule has 1 heterocycles. The molecule has 2 heteroatoms. The lowest BCUT2D eigenvalue weighted by molar-refractivity contribution is 0.466. The Morgan fingerprint density at radius 2 is 2.08 bits per heavy atom. The average molecular weight is 192 g/mol. The van der Waals surface area contributed by atoms with Crippen molar-refractivity contribution < 1.29 is 5.11 Å². The fraction of sp³-hybridized carbons (Fsp3) is 0.273. The number of aromatic hydroxyl groups is 1. The molecular formula is C11H12OS. The Hall–Kier alpha value is -1.02. The second-order valence-corrected chi connectivity index (χ2v) is 4.47. The van der Waals surface area contributed by atoms with Gasteiger partial charge in [0.1, 0.15) is 5.75 Å². The first-order valence-electron chi connectivity index (χ1n) is 4.38. The molecule has 0 aliphatic heterocycles. The molecule has 0 aliphatic rings. The average Bonchev–Trinajstić information content (AvgIpc) is 2.48. The third kappa shape index (κ3) is 1.42. The van der Waals surface area contributed by atoms with Crippen molar-refractivity contribution in [2.45, 2.75) is 19.8 Å². The fourth-order valence-corrected chi connectivity index (χ4v) is 2.28. The Morgan fingerprint density at radius 1 is 1.31 bits per heavy atom. The number of rotatable bonds is 1. The first-order chi connectivity index (χ1) is 6.18. The molecule has 1 aromatic carbocycles. The van der Waals surface area contributed by atoms with Crippen LogP contribution in [0.1, 0.15) is 25.3 Å². The van der Waals surface area contributed by atoms with Gasteiger partial charge in [-0.3, -0.25) is 0 Å². The van der Waals surface area contributed by atoms with Crippen molar-refractivity contribution in [1.82, 2.24) is 0 Å². The minimum Gasteiger partial charge on any atom is -0.508 e. The summed E-state index contributed by atoms with van der Waals surface area (Å²) in [7, 11) is 0. The standard InChI is InChI=1S/C11H12OS/c1-7(2)9-5-8-3-4-13-11(8)6-10(9)12/h3-7,12H,1-2H3. The molecule has 0 spiro atoms. The first kappa shape index (κ1) is 8.57. The van der Waals surface area contributed by atoms with E-state index in [1.54, 1.807) is 11.3 Å². The third-order valence-electron chi connectivity index (χ3n) is 2.22. The molecule has 0 radical (unpaired) electrons. The monoisotopic (exact) mass is 192 g/mol. The van der Waals surface area contributed by atoms with Crippen LogP contribution >= 0.6 is 11.3 Å². The highest BCUT2D eigenvalue weighted by Crippen LogP contribution is 2.32. The summed E-state index contributed by atoms with van der Waals surface area (Å²) in [6.45, 7) is 4.18. The number of hydrogen-bond donors (Lipinski definition) is 1. The van der Waals surface area contributed by atoms with Gasteiger partial charge in [0.25, 0.3) is 0 Å². The van der Waals surface area contributed by atoms with Crippen molar-refractivity contribution in [1.29, 1.82) is 0 Å². The van der Waals surface area contributed by atoms with Gasteiger partial charge in [0.2, 0.25) is 0 Å². The minimum absolute atomic E-state index is 0.379. The van der Waals surface area contributed by atoms with E-state index >= 15 is 0 Å². The summed E-state index contributed by atoms with van der Waals surface area (Å²) in [6, 6.07) is 6.02. The maximum Gasteiger partial charge on any atom is 0.120 e. The highest BCUT2D eigenvalue weighted by molar-refractivity contribution is 7.17. The molecule has 1 nitrogen and oxygen atoms in total. The molecule has 0 saturated carbocycles. The quantitative estimate of drug-likeness (QED) is 0.730. The Labute approximate surface area is 81.6 Å². The van der Waals surface area contributed by atoms with E-state index in [0.29, 0.717) is 11.7 Å². The Morgan fingerprint density at radius 3 is 2.77 bits per heavy atom. The van der Waals surface area contributed by atoms with Gasteiger partial charge in [0, 0.05) is 4.70 Å². The highest BCUT2D eigenvalue weighted by Gasteiger charge is 2.07. The van der Waals surface area contributed by atoms with Gasteiger partial charge in [-0.2, -0.15) is 0 Å². The Balaban J connectivity index is 2.69. The molecular weight excluding hydrogens is 180 g/mol. The molecule has 0 atom stereocenters. The summed E-state index contributed by atoms with van der Waals surface area (Å²) in [5.74, 6) is 0.800. The largest absolute Gasteiger partial charge is 0.508 e. The van der Waals surface area contributed by atoms with E-state index in [1.165, 1.54) is 5.39 Å². The Bertz CT molecular complexity index is 429. The van der Waals surface area contributed by atoms with Crippen LogP contribution in [-0.2, 0) is 0 Å². The summed E-state index contributed by atoms with van der Waals surface area (Å²) in [5, 5.41) is 13.0. The summed E-state index contributed by atoms with van der Waals surface area (Å²) < 4.78 is 1.15. The number of thiophene rings is 1. The van der Waals surface area contributed by atoms with E-state index in [9.17, 15) is 5.11 Å². The smallest absolute Gasteiger partial charge is 0.120 e. The molecule has 0 aliphatic carbocycles. The SMILES string of the molecule is CC(C)c1cc2ccsc2cc1O. The number of phenols is 1. The van der Waals surface area contributed by atoms with Gasteiger partial charge in [0.15, 0.2) is 0 Å². The van der Waals surface area contributed by atoms with E-state index in [1.807, 2.05) is 11.4 Å². The van der Waals surface area contributed by atoms with Gasteiger partial charge in [-0.15, -0.1) is 11.3 Å². The summed E-state index contributed by atoms with van der Waals surface area (Å²) in [4.78, 5) is 0. The zero-order valence-electron chi connectivity index (χ0n) is 7.74. The van der Waals surface area contributed by atoms with Crippen LogP contribution in [0.5, 0.6) is 5.75 Å². The summed E-state index contributed by atoms with van der Waals surface area (Å²) in [6.07, 6.45) is 0. The lowest BCUT2D eigenvalue weighted by atomic mass is 10.0. The topological polar surface area (TPSA) is 20.2 Å². The van der Waals surface area contributed by atoms with E-state index < -0.39 is 0 Å². The van der Waals surface area contributed by atoms with Crippen LogP contribution in [0, 0.1) is 0 Å². The lowest BCUT2D eigenvalue weighted by Crippen LogP contribution is -1.86. The minimum atomic E-state index is 0.379. The van der Waals surface area contributed by atoms with Crippen LogP contribution in [-0.4, -0.2) is 5.11 Å². The van der Waals surface area contributed by atoms with E-state index in [2.05, 4.69) is 26.0 Å². The normalized spacial score (nSPS) is 11.3. The molecule has 2 rings (SSSR count). The predicted octanol–water partition coefficient (Wildman–Crippen LogP) is 3.73. The molecule has 0 saturated heterocycles. The van der Waals surface area contributed by atoms with Crippen molar-refractivity contribution in [2.24, 2.45) is 0 Å². The van der Waals surface area contributed by atoms with E-state index in [4.69, 9.17) is 0 Å². The van der Waals surface area contributed by atoms with Crippen molar-refractivity contribution >= 4 is 21.4 Å². The van der Waals surface area contributed by atoms with Gasteiger partial charge in [-0.25, -0.2) is 0 Å². The molecule has 0 fully saturated rings. The van der Waals surface area contributed by atoms with Gasteiger partial charge >= 0.3 is 0 Å². The summed E-state index contributed by atoms with van der Waals surface area (Å²) >= 11 is 1.66. The zero-order valence-corrected chi connectivity index (χ0v) is 8.56. The van der Waals surface area contributed by atoms with Crippen LogP contribution in [0.15, 0.2) is 23.6 Å². The third-order valence-corrected chi connectivity index (χ3v) is 3.10.